The van der Waals surface area contributed by atoms with Crippen LogP contribution in [0.1, 0.15) is 24.8 Å². The minimum absolute atomic E-state index is 0.0135. The van der Waals surface area contributed by atoms with Gasteiger partial charge in [-0.1, -0.05) is 12.1 Å². The van der Waals surface area contributed by atoms with Gasteiger partial charge >= 0.3 is 0 Å². The number of amides is 1. The first-order valence-corrected chi connectivity index (χ1v) is 8.06. The van der Waals surface area contributed by atoms with Crippen molar-refractivity contribution in [2.24, 2.45) is 10.9 Å². The van der Waals surface area contributed by atoms with Gasteiger partial charge in [0.15, 0.2) is 0 Å². The molecule has 0 radical (unpaired) electrons. The number of hydrogen-bond acceptors (Lipinski definition) is 4. The van der Waals surface area contributed by atoms with Gasteiger partial charge in [-0.05, 0) is 43.5 Å². The Morgan fingerprint density at radius 2 is 1.80 bits per heavy atom. The van der Waals surface area contributed by atoms with Gasteiger partial charge < -0.3 is 11.1 Å². The van der Waals surface area contributed by atoms with Gasteiger partial charge in [0.1, 0.15) is 0 Å². The highest BCUT2D eigenvalue weighted by molar-refractivity contribution is 7.89. The zero-order chi connectivity index (χ0) is 15.0. The Labute approximate surface area is 119 Å². The van der Waals surface area contributed by atoms with Crippen LogP contribution in [0.2, 0.25) is 0 Å². The Morgan fingerprint density at radius 3 is 2.35 bits per heavy atom. The van der Waals surface area contributed by atoms with E-state index in [2.05, 4.69) is 5.32 Å². The van der Waals surface area contributed by atoms with Crippen LogP contribution in [0.15, 0.2) is 29.2 Å². The second-order valence-electron chi connectivity index (χ2n) is 4.53. The highest BCUT2D eigenvalue weighted by Gasteiger charge is 2.06. The number of rotatable bonds is 8. The van der Waals surface area contributed by atoms with Crippen molar-refractivity contribution in [3.63, 3.8) is 0 Å². The highest BCUT2D eigenvalue weighted by atomic mass is 32.2. The summed E-state index contributed by atoms with van der Waals surface area (Å²) < 4.78 is 22.2. The summed E-state index contributed by atoms with van der Waals surface area (Å²) in [4.78, 5) is 11.5. The molecule has 0 heterocycles. The monoisotopic (exact) mass is 299 g/mol. The molecular formula is C13H21N3O3S. The second kappa shape index (κ2) is 7.98. The Hall–Kier alpha value is -1.44. The predicted octanol–water partition coefficient (Wildman–Crippen LogP) is 0.122. The molecule has 0 atom stereocenters. The average Bonchev–Trinajstić information content (AvgIpc) is 2.38. The lowest BCUT2D eigenvalue weighted by atomic mass is 10.1. The quantitative estimate of drug-likeness (QED) is 0.591. The summed E-state index contributed by atoms with van der Waals surface area (Å²) in [5.41, 5.74) is 6.29. The smallest absolute Gasteiger partial charge is 0.238 e. The lowest BCUT2D eigenvalue weighted by Gasteiger charge is -2.06. The third kappa shape index (κ3) is 6.14. The van der Waals surface area contributed by atoms with E-state index in [-0.39, 0.29) is 10.8 Å². The van der Waals surface area contributed by atoms with Gasteiger partial charge in [-0.25, -0.2) is 13.6 Å². The van der Waals surface area contributed by atoms with Crippen molar-refractivity contribution in [3.05, 3.63) is 29.8 Å². The van der Waals surface area contributed by atoms with Crippen molar-refractivity contribution in [1.29, 1.82) is 0 Å². The minimum atomic E-state index is -3.65. The molecule has 7 heteroatoms. The number of benzene rings is 1. The minimum Gasteiger partial charge on any atom is -0.356 e. The molecule has 5 N–H and O–H groups in total. The molecule has 20 heavy (non-hydrogen) atoms. The van der Waals surface area contributed by atoms with Gasteiger partial charge in [0, 0.05) is 13.0 Å². The first-order chi connectivity index (χ1) is 9.43. The summed E-state index contributed by atoms with van der Waals surface area (Å²) in [5.74, 6) is 0.0135. The molecule has 112 valence electrons. The molecule has 0 aromatic heterocycles. The lowest BCUT2D eigenvalue weighted by molar-refractivity contribution is -0.121. The van der Waals surface area contributed by atoms with Crippen LogP contribution in [-0.4, -0.2) is 27.4 Å². The number of carbonyl (C=O) groups is 1. The molecule has 1 aromatic carbocycles. The lowest BCUT2D eigenvalue weighted by Crippen LogP contribution is -2.25. The Bertz CT molecular complexity index is 526. The third-order valence-corrected chi connectivity index (χ3v) is 3.77. The topological polar surface area (TPSA) is 115 Å². The number of unbranched alkanes of at least 4 members (excludes halogenated alkanes) is 1. The van der Waals surface area contributed by atoms with Gasteiger partial charge in [-0.2, -0.15) is 0 Å². The van der Waals surface area contributed by atoms with Crippen LogP contribution in [0.3, 0.4) is 0 Å². The van der Waals surface area contributed by atoms with Crippen LogP contribution in [-0.2, 0) is 21.2 Å². The number of sulfonamides is 1. The number of carbonyl (C=O) groups excluding carboxylic acids is 1. The molecule has 0 aliphatic heterocycles. The Morgan fingerprint density at radius 1 is 1.15 bits per heavy atom. The van der Waals surface area contributed by atoms with Crippen molar-refractivity contribution in [1.82, 2.24) is 5.32 Å². The molecule has 0 spiro atoms. The molecular weight excluding hydrogens is 278 g/mol. The fourth-order valence-corrected chi connectivity index (χ4v) is 2.23. The molecule has 0 saturated heterocycles. The van der Waals surface area contributed by atoms with Gasteiger partial charge in [0.2, 0.25) is 15.9 Å². The summed E-state index contributed by atoms with van der Waals surface area (Å²) in [6.07, 6.45) is 2.78. The van der Waals surface area contributed by atoms with Crippen LogP contribution < -0.4 is 16.2 Å². The molecule has 0 fully saturated rings. The number of nitrogens with two attached hydrogens (primary N) is 2. The first kappa shape index (κ1) is 16.6. The third-order valence-electron chi connectivity index (χ3n) is 2.85. The molecule has 1 amide bonds. The molecule has 1 aromatic rings. The molecule has 1 rings (SSSR count). The van der Waals surface area contributed by atoms with E-state index in [9.17, 15) is 13.2 Å². The van der Waals surface area contributed by atoms with E-state index in [0.29, 0.717) is 25.9 Å². The summed E-state index contributed by atoms with van der Waals surface area (Å²) >= 11 is 0. The highest BCUT2D eigenvalue weighted by Crippen LogP contribution is 2.08. The van der Waals surface area contributed by atoms with Gasteiger partial charge in [-0.3, -0.25) is 4.79 Å². The Balaban J connectivity index is 2.34. The van der Waals surface area contributed by atoms with Gasteiger partial charge in [0.05, 0.1) is 4.90 Å². The van der Waals surface area contributed by atoms with E-state index in [1.807, 2.05) is 0 Å². The molecule has 0 aliphatic carbocycles. The van der Waals surface area contributed by atoms with E-state index in [4.69, 9.17) is 10.9 Å². The number of nitrogens with one attached hydrogen (secondary N) is 1. The molecule has 0 aliphatic rings. The largest absolute Gasteiger partial charge is 0.356 e. The summed E-state index contributed by atoms with van der Waals surface area (Å²) in [5, 5.41) is 7.82. The van der Waals surface area contributed by atoms with Crippen molar-refractivity contribution < 1.29 is 13.2 Å². The fourth-order valence-electron chi connectivity index (χ4n) is 1.71. The maximum atomic E-state index is 11.4. The van der Waals surface area contributed by atoms with E-state index >= 15 is 0 Å². The molecule has 0 saturated carbocycles. The van der Waals surface area contributed by atoms with Gasteiger partial charge in [-0.15, -0.1) is 0 Å². The van der Waals surface area contributed by atoms with Crippen LogP contribution in [0.4, 0.5) is 0 Å². The van der Waals surface area contributed by atoms with E-state index in [1.165, 1.54) is 12.1 Å². The van der Waals surface area contributed by atoms with Crippen molar-refractivity contribution in [2.75, 3.05) is 13.1 Å². The number of primary sulfonamides is 1. The molecule has 0 unspecified atom stereocenters. The first-order valence-electron chi connectivity index (χ1n) is 6.52. The van der Waals surface area contributed by atoms with Crippen LogP contribution in [0.25, 0.3) is 0 Å². The maximum absolute atomic E-state index is 11.4. The zero-order valence-electron chi connectivity index (χ0n) is 11.3. The average molecular weight is 299 g/mol. The summed E-state index contributed by atoms with van der Waals surface area (Å²) in [6.45, 7) is 1.12. The fraction of sp³-hybridized carbons (Fsp3) is 0.462. The second-order valence-corrected chi connectivity index (χ2v) is 6.10. The Kier molecular flexibility index (Phi) is 6.63. The molecule has 6 nitrogen and oxygen atoms in total. The van der Waals surface area contributed by atoms with Crippen molar-refractivity contribution in [2.45, 2.75) is 30.6 Å². The maximum Gasteiger partial charge on any atom is 0.238 e. The van der Waals surface area contributed by atoms with E-state index in [1.54, 1.807) is 12.1 Å². The van der Waals surface area contributed by atoms with E-state index < -0.39 is 10.0 Å². The predicted molar refractivity (Wildman–Crippen MR) is 77.4 cm³/mol. The number of hydrogen-bond donors (Lipinski definition) is 3. The SMILES string of the molecule is NCCCCC(=O)NCCc1ccc(S(N)(=O)=O)cc1. The van der Waals surface area contributed by atoms with E-state index in [0.717, 1.165) is 18.4 Å². The molecule has 0 bridgehead atoms. The normalized spacial score (nSPS) is 11.3. The standard InChI is InChI=1S/C13H21N3O3S/c14-9-2-1-3-13(17)16-10-8-11-4-6-12(7-5-11)20(15,18)19/h4-7H,1-3,8-10,14H2,(H,16,17)(H2,15,18,19). The summed E-state index contributed by atoms with van der Waals surface area (Å²) in [7, 11) is -3.65. The van der Waals surface area contributed by atoms with Crippen LogP contribution in [0, 0.1) is 0 Å². The van der Waals surface area contributed by atoms with Crippen LogP contribution >= 0.6 is 0 Å². The van der Waals surface area contributed by atoms with Gasteiger partial charge in [0.25, 0.3) is 0 Å². The van der Waals surface area contributed by atoms with Crippen LogP contribution in [0.5, 0.6) is 0 Å². The summed E-state index contributed by atoms with van der Waals surface area (Å²) in [6, 6.07) is 6.32. The zero-order valence-corrected chi connectivity index (χ0v) is 12.2. The van der Waals surface area contributed by atoms with Crippen molar-refractivity contribution in [3.8, 4) is 0 Å². The van der Waals surface area contributed by atoms with Crippen molar-refractivity contribution >= 4 is 15.9 Å².